The number of benzene rings is 1. The number of aromatic nitrogens is 2. The molecule has 0 radical (unpaired) electrons. The van der Waals surface area contributed by atoms with Crippen LogP contribution in [0.25, 0.3) is 0 Å². The van der Waals surface area contributed by atoms with Crippen molar-refractivity contribution in [2.24, 2.45) is 11.8 Å². The van der Waals surface area contributed by atoms with Gasteiger partial charge in [-0.15, -0.1) is 0 Å². The van der Waals surface area contributed by atoms with Crippen LogP contribution in [0.3, 0.4) is 0 Å². The summed E-state index contributed by atoms with van der Waals surface area (Å²) in [6.07, 6.45) is 4.04. The van der Waals surface area contributed by atoms with E-state index in [0.717, 1.165) is 30.5 Å². The molecule has 28 heavy (non-hydrogen) atoms. The summed E-state index contributed by atoms with van der Waals surface area (Å²) in [5, 5.41) is 4.46. The van der Waals surface area contributed by atoms with Gasteiger partial charge in [-0.2, -0.15) is 5.10 Å². The first kappa shape index (κ1) is 20.1. The molecule has 2 aromatic rings. The summed E-state index contributed by atoms with van der Waals surface area (Å²) in [7, 11) is 0. The van der Waals surface area contributed by atoms with Crippen LogP contribution in [0.4, 0.5) is 0 Å². The monoisotopic (exact) mass is 384 g/mol. The van der Waals surface area contributed by atoms with Crippen molar-refractivity contribution >= 4 is 11.9 Å². The van der Waals surface area contributed by atoms with Gasteiger partial charge in [0.25, 0.3) is 0 Å². The molecule has 1 fully saturated rings. The Morgan fingerprint density at radius 3 is 2.61 bits per heavy atom. The zero-order chi connectivity index (χ0) is 20.1. The topological polar surface area (TPSA) is 70.4 Å². The Kier molecular flexibility index (Phi) is 6.49. The molecule has 1 heterocycles. The van der Waals surface area contributed by atoms with Crippen molar-refractivity contribution < 1.29 is 19.1 Å². The zero-order valence-corrected chi connectivity index (χ0v) is 16.8. The normalized spacial score (nSPS) is 21.9. The van der Waals surface area contributed by atoms with E-state index in [9.17, 15) is 9.59 Å². The first-order valence-electron chi connectivity index (χ1n) is 9.93. The predicted octanol–water partition coefficient (Wildman–Crippen LogP) is 4.09. The van der Waals surface area contributed by atoms with Crippen LogP contribution in [0.5, 0.6) is 0 Å². The fourth-order valence-electron chi connectivity index (χ4n) is 3.98. The molecule has 0 N–H and O–H groups in total. The van der Waals surface area contributed by atoms with Crippen LogP contribution in [0.2, 0.25) is 0 Å². The van der Waals surface area contributed by atoms with Crippen molar-refractivity contribution in [3.8, 4) is 0 Å². The Bertz CT molecular complexity index is 815. The minimum atomic E-state index is -0.360. The van der Waals surface area contributed by atoms with Gasteiger partial charge >= 0.3 is 11.9 Å². The van der Waals surface area contributed by atoms with Crippen LogP contribution >= 0.6 is 0 Å². The third kappa shape index (κ3) is 4.43. The number of hydrogen-bond acceptors (Lipinski definition) is 5. The molecule has 0 bridgehead atoms. The number of hydrogen-bond donors (Lipinski definition) is 0. The second kappa shape index (κ2) is 9.04. The standard InChI is InChI=1S/C22H28N2O4/c1-4-27-21(25)19-11-10-18(12-15(19)2)24-16(3)20(13-23-24)22(26)28-14-17-8-6-5-7-9-17/h5-9,13,15,18-19H,4,10-12,14H2,1-3H3/t15-,18+,19-/m1/s1. The number of nitrogens with zero attached hydrogens (tertiary/aromatic N) is 2. The molecule has 3 atom stereocenters. The van der Waals surface area contributed by atoms with Gasteiger partial charge in [-0.25, -0.2) is 4.79 Å². The molecule has 1 aromatic carbocycles. The summed E-state index contributed by atoms with van der Waals surface area (Å²) in [6.45, 7) is 6.47. The zero-order valence-electron chi connectivity index (χ0n) is 16.8. The number of ether oxygens (including phenoxy) is 2. The maximum atomic E-state index is 12.5. The predicted molar refractivity (Wildman–Crippen MR) is 105 cm³/mol. The molecule has 0 spiro atoms. The summed E-state index contributed by atoms with van der Waals surface area (Å²) >= 11 is 0. The third-order valence-electron chi connectivity index (χ3n) is 5.55. The van der Waals surface area contributed by atoms with E-state index < -0.39 is 0 Å². The number of carbonyl (C=O) groups excluding carboxylic acids is 2. The average molecular weight is 384 g/mol. The van der Waals surface area contributed by atoms with Crippen LogP contribution in [0.15, 0.2) is 36.5 Å². The Labute approximate surface area is 165 Å². The maximum absolute atomic E-state index is 12.5. The molecular weight excluding hydrogens is 356 g/mol. The van der Waals surface area contributed by atoms with E-state index in [0.29, 0.717) is 12.2 Å². The second-order valence-corrected chi connectivity index (χ2v) is 7.45. The van der Waals surface area contributed by atoms with Gasteiger partial charge in [0.05, 0.1) is 30.5 Å². The molecule has 0 aliphatic heterocycles. The van der Waals surface area contributed by atoms with Crippen LogP contribution in [0.1, 0.15) is 60.8 Å². The van der Waals surface area contributed by atoms with Gasteiger partial charge in [0, 0.05) is 0 Å². The van der Waals surface area contributed by atoms with Crippen molar-refractivity contribution in [3.63, 3.8) is 0 Å². The van der Waals surface area contributed by atoms with Gasteiger partial charge in [-0.05, 0) is 44.6 Å². The third-order valence-corrected chi connectivity index (χ3v) is 5.55. The van der Waals surface area contributed by atoms with E-state index >= 15 is 0 Å². The first-order valence-corrected chi connectivity index (χ1v) is 9.93. The van der Waals surface area contributed by atoms with E-state index in [4.69, 9.17) is 9.47 Å². The van der Waals surface area contributed by atoms with Crippen molar-refractivity contribution in [3.05, 3.63) is 53.3 Å². The van der Waals surface area contributed by atoms with Gasteiger partial charge in [0.2, 0.25) is 0 Å². The lowest BCUT2D eigenvalue weighted by Gasteiger charge is -2.33. The lowest BCUT2D eigenvalue weighted by molar-refractivity contribution is -0.151. The number of carbonyl (C=O) groups is 2. The van der Waals surface area contributed by atoms with E-state index in [1.807, 2.05) is 48.9 Å². The summed E-state index contributed by atoms with van der Waals surface area (Å²) in [5.74, 6) is -0.297. The molecule has 6 nitrogen and oxygen atoms in total. The molecule has 3 rings (SSSR count). The molecule has 1 aromatic heterocycles. The molecule has 0 unspecified atom stereocenters. The van der Waals surface area contributed by atoms with Gasteiger partial charge in [0.15, 0.2) is 0 Å². The fraction of sp³-hybridized carbons (Fsp3) is 0.500. The van der Waals surface area contributed by atoms with Crippen LogP contribution in [-0.2, 0) is 20.9 Å². The maximum Gasteiger partial charge on any atom is 0.341 e. The largest absolute Gasteiger partial charge is 0.466 e. The van der Waals surface area contributed by atoms with E-state index in [-0.39, 0.29) is 36.4 Å². The fourth-order valence-corrected chi connectivity index (χ4v) is 3.98. The minimum absolute atomic E-state index is 0.0534. The SMILES string of the molecule is CCOC(=O)[C@@H]1CC[C@H](n2ncc(C(=O)OCc3ccccc3)c2C)C[C@H]1C. The van der Waals surface area contributed by atoms with E-state index in [1.165, 1.54) is 0 Å². The lowest BCUT2D eigenvalue weighted by atomic mass is 9.78. The highest BCUT2D eigenvalue weighted by molar-refractivity contribution is 5.90. The summed E-state index contributed by atoms with van der Waals surface area (Å²) < 4.78 is 12.5. The van der Waals surface area contributed by atoms with Crippen molar-refractivity contribution in [2.75, 3.05) is 6.61 Å². The summed E-state index contributed by atoms with van der Waals surface area (Å²) in [5.41, 5.74) is 2.26. The molecular formula is C22H28N2O4. The Morgan fingerprint density at radius 1 is 1.18 bits per heavy atom. The second-order valence-electron chi connectivity index (χ2n) is 7.45. The van der Waals surface area contributed by atoms with E-state index in [1.54, 1.807) is 6.20 Å². The number of esters is 2. The molecule has 0 amide bonds. The summed E-state index contributed by atoms with van der Waals surface area (Å²) in [4.78, 5) is 24.6. The highest BCUT2D eigenvalue weighted by Gasteiger charge is 2.35. The molecule has 6 heteroatoms. The van der Waals surface area contributed by atoms with Crippen LogP contribution < -0.4 is 0 Å². The van der Waals surface area contributed by atoms with Crippen molar-refractivity contribution in [2.45, 2.75) is 52.7 Å². The number of rotatable bonds is 6. The highest BCUT2D eigenvalue weighted by Crippen LogP contribution is 2.37. The van der Waals surface area contributed by atoms with Crippen molar-refractivity contribution in [1.82, 2.24) is 9.78 Å². The Hall–Kier alpha value is -2.63. The summed E-state index contributed by atoms with van der Waals surface area (Å²) in [6, 6.07) is 9.79. The van der Waals surface area contributed by atoms with E-state index in [2.05, 4.69) is 12.0 Å². The van der Waals surface area contributed by atoms with Gasteiger partial charge in [0.1, 0.15) is 12.2 Å². The minimum Gasteiger partial charge on any atom is -0.466 e. The molecule has 1 saturated carbocycles. The molecule has 1 aliphatic rings. The average Bonchev–Trinajstić information content (AvgIpc) is 3.08. The molecule has 0 saturated heterocycles. The van der Waals surface area contributed by atoms with Gasteiger partial charge in [-0.1, -0.05) is 37.3 Å². The smallest absolute Gasteiger partial charge is 0.341 e. The van der Waals surface area contributed by atoms with Crippen LogP contribution in [-0.4, -0.2) is 28.3 Å². The quantitative estimate of drug-likeness (QED) is 0.702. The van der Waals surface area contributed by atoms with Gasteiger partial charge in [-0.3, -0.25) is 9.48 Å². The molecule has 150 valence electrons. The Morgan fingerprint density at radius 2 is 1.93 bits per heavy atom. The van der Waals surface area contributed by atoms with Gasteiger partial charge < -0.3 is 9.47 Å². The first-order chi connectivity index (χ1) is 13.5. The molecule has 1 aliphatic carbocycles. The Balaban J connectivity index is 1.63. The lowest BCUT2D eigenvalue weighted by Crippen LogP contribution is -2.32. The highest BCUT2D eigenvalue weighted by atomic mass is 16.5. The van der Waals surface area contributed by atoms with Crippen molar-refractivity contribution in [1.29, 1.82) is 0 Å². The van der Waals surface area contributed by atoms with Crippen LogP contribution in [0, 0.1) is 18.8 Å².